The van der Waals surface area contributed by atoms with Crippen LogP contribution < -0.4 is 10.2 Å². The van der Waals surface area contributed by atoms with E-state index < -0.39 is 6.17 Å². The van der Waals surface area contributed by atoms with Gasteiger partial charge in [-0.15, -0.1) is 0 Å². The van der Waals surface area contributed by atoms with Crippen LogP contribution in [0.15, 0.2) is 18.2 Å². The van der Waals surface area contributed by atoms with Crippen LogP contribution in [-0.4, -0.2) is 56.2 Å². The number of hydrogen-bond donors (Lipinski definition) is 1. The van der Waals surface area contributed by atoms with E-state index in [-0.39, 0.29) is 12.5 Å². The summed E-state index contributed by atoms with van der Waals surface area (Å²) in [4.78, 5) is 16.6. The number of hydrogen-bond acceptors (Lipinski definition) is 3. The number of halogens is 1. The fourth-order valence-electron chi connectivity index (χ4n) is 3.19. The van der Waals surface area contributed by atoms with Crippen molar-refractivity contribution < 1.29 is 9.18 Å². The lowest BCUT2D eigenvalue weighted by atomic mass is 10.1. The second-order valence-electron chi connectivity index (χ2n) is 6.12. The molecule has 1 atom stereocenters. The van der Waals surface area contributed by atoms with E-state index >= 15 is 0 Å². The van der Waals surface area contributed by atoms with Crippen molar-refractivity contribution in [3.05, 3.63) is 29.3 Å². The molecule has 2 saturated heterocycles. The molecule has 2 fully saturated rings. The van der Waals surface area contributed by atoms with Gasteiger partial charge in [-0.3, -0.25) is 4.79 Å². The zero-order valence-corrected chi connectivity index (χ0v) is 13.1. The second-order valence-corrected chi connectivity index (χ2v) is 6.12. The van der Waals surface area contributed by atoms with Crippen LogP contribution in [0, 0.1) is 0 Å². The van der Waals surface area contributed by atoms with E-state index in [9.17, 15) is 9.18 Å². The number of nitrogens with zero attached hydrogens (tertiary/aromatic N) is 2. The third-order valence-corrected chi connectivity index (χ3v) is 4.53. The first kappa shape index (κ1) is 15.3. The Hall–Kier alpha value is -1.62. The molecule has 120 valence electrons. The van der Waals surface area contributed by atoms with E-state index in [0.717, 1.165) is 43.9 Å². The lowest BCUT2D eigenvalue weighted by Crippen LogP contribution is -2.43. The van der Waals surface area contributed by atoms with E-state index in [4.69, 9.17) is 0 Å². The molecule has 1 aromatic carbocycles. The summed E-state index contributed by atoms with van der Waals surface area (Å²) in [6.45, 7) is 6.70. The van der Waals surface area contributed by atoms with Crippen molar-refractivity contribution in [2.75, 3.05) is 44.2 Å². The molecule has 4 nitrogen and oxygen atoms in total. The molecule has 0 spiro atoms. The molecule has 1 N–H and O–H groups in total. The molecule has 1 aromatic rings. The molecule has 0 saturated carbocycles. The van der Waals surface area contributed by atoms with Gasteiger partial charge in [-0.25, -0.2) is 4.39 Å². The first-order valence-electron chi connectivity index (χ1n) is 8.20. The zero-order valence-electron chi connectivity index (χ0n) is 13.1. The standard InChI is InChI=1S/C17H24FN3O/c1-2-13-9-14(17(22)21-6-3-15(18)12-21)11-16(10-13)20-7-4-19-5-8-20/h9-11,15,19H,2-8,12H2,1H3. The van der Waals surface area contributed by atoms with E-state index in [1.807, 2.05) is 12.1 Å². The molecule has 5 heteroatoms. The Kier molecular flexibility index (Phi) is 4.62. The molecule has 22 heavy (non-hydrogen) atoms. The van der Waals surface area contributed by atoms with Crippen LogP contribution in [0.25, 0.3) is 0 Å². The average molecular weight is 305 g/mol. The SMILES string of the molecule is CCc1cc(C(=O)N2CCC(F)C2)cc(N2CCNCC2)c1. The minimum Gasteiger partial charge on any atom is -0.369 e. The summed E-state index contributed by atoms with van der Waals surface area (Å²) in [5, 5.41) is 3.34. The van der Waals surface area contributed by atoms with E-state index in [0.29, 0.717) is 18.5 Å². The van der Waals surface area contributed by atoms with Crippen molar-refractivity contribution in [1.29, 1.82) is 0 Å². The molecule has 0 aromatic heterocycles. The van der Waals surface area contributed by atoms with Crippen molar-refractivity contribution in [1.82, 2.24) is 10.2 Å². The minimum absolute atomic E-state index is 0.0353. The highest BCUT2D eigenvalue weighted by Crippen LogP contribution is 2.23. The minimum atomic E-state index is -0.869. The number of benzene rings is 1. The Morgan fingerprint density at radius 3 is 2.68 bits per heavy atom. The number of carbonyl (C=O) groups excluding carboxylic acids is 1. The number of aryl methyl sites for hydroxylation is 1. The molecule has 1 unspecified atom stereocenters. The molecular formula is C17H24FN3O. The van der Waals surface area contributed by atoms with Crippen LogP contribution in [0.4, 0.5) is 10.1 Å². The maximum atomic E-state index is 13.4. The highest BCUT2D eigenvalue weighted by atomic mass is 19.1. The summed E-state index contributed by atoms with van der Waals surface area (Å²) in [5.74, 6) is -0.0353. The number of likely N-dealkylation sites (tertiary alicyclic amines) is 1. The van der Waals surface area contributed by atoms with Gasteiger partial charge >= 0.3 is 0 Å². The third-order valence-electron chi connectivity index (χ3n) is 4.53. The van der Waals surface area contributed by atoms with Crippen molar-refractivity contribution >= 4 is 11.6 Å². The Labute approximate surface area is 131 Å². The van der Waals surface area contributed by atoms with Gasteiger partial charge in [-0.05, 0) is 36.6 Å². The molecule has 0 bridgehead atoms. The van der Waals surface area contributed by atoms with E-state index in [1.165, 1.54) is 0 Å². The van der Waals surface area contributed by atoms with E-state index in [2.05, 4.69) is 23.2 Å². The lowest BCUT2D eigenvalue weighted by Gasteiger charge is -2.30. The van der Waals surface area contributed by atoms with Gasteiger partial charge in [0, 0.05) is 44.0 Å². The highest BCUT2D eigenvalue weighted by molar-refractivity contribution is 5.95. The number of carbonyl (C=O) groups is 1. The Bertz CT molecular complexity index is 543. The molecule has 0 radical (unpaired) electrons. The van der Waals surface area contributed by atoms with Crippen LogP contribution in [0.5, 0.6) is 0 Å². The molecule has 2 aliphatic rings. The third kappa shape index (κ3) is 3.24. The number of rotatable bonds is 3. The summed E-state index contributed by atoms with van der Waals surface area (Å²) in [7, 11) is 0. The number of nitrogens with one attached hydrogen (secondary N) is 1. The van der Waals surface area contributed by atoms with Crippen molar-refractivity contribution in [2.24, 2.45) is 0 Å². The van der Waals surface area contributed by atoms with Crippen LogP contribution in [-0.2, 0) is 6.42 Å². The smallest absolute Gasteiger partial charge is 0.254 e. The Morgan fingerprint density at radius 1 is 1.27 bits per heavy atom. The molecule has 2 aliphatic heterocycles. The number of anilines is 1. The summed E-state index contributed by atoms with van der Waals surface area (Å²) >= 11 is 0. The fourth-order valence-corrected chi connectivity index (χ4v) is 3.19. The number of piperazine rings is 1. The first-order valence-corrected chi connectivity index (χ1v) is 8.20. The van der Waals surface area contributed by atoms with Gasteiger partial charge < -0.3 is 15.1 Å². The van der Waals surface area contributed by atoms with Crippen LogP contribution in [0.3, 0.4) is 0 Å². The summed E-state index contributed by atoms with van der Waals surface area (Å²) < 4.78 is 13.4. The lowest BCUT2D eigenvalue weighted by molar-refractivity contribution is 0.0782. The summed E-state index contributed by atoms with van der Waals surface area (Å²) in [5.41, 5.74) is 2.97. The van der Waals surface area contributed by atoms with Crippen LogP contribution in [0.1, 0.15) is 29.3 Å². The second kappa shape index (κ2) is 6.65. The Morgan fingerprint density at radius 2 is 2.05 bits per heavy atom. The zero-order chi connectivity index (χ0) is 15.5. The summed E-state index contributed by atoms with van der Waals surface area (Å²) in [6.07, 6.45) is 0.487. The number of alkyl halides is 1. The molecule has 2 heterocycles. The topological polar surface area (TPSA) is 35.6 Å². The van der Waals surface area contributed by atoms with Gasteiger partial charge in [0.2, 0.25) is 0 Å². The average Bonchev–Trinajstić information content (AvgIpc) is 3.01. The van der Waals surface area contributed by atoms with Gasteiger partial charge in [0.05, 0.1) is 6.54 Å². The van der Waals surface area contributed by atoms with Gasteiger partial charge in [-0.1, -0.05) is 6.92 Å². The fraction of sp³-hybridized carbons (Fsp3) is 0.588. The molecule has 3 rings (SSSR count). The van der Waals surface area contributed by atoms with Crippen molar-refractivity contribution in [3.8, 4) is 0 Å². The maximum absolute atomic E-state index is 13.4. The van der Waals surface area contributed by atoms with Gasteiger partial charge in [0.1, 0.15) is 6.17 Å². The predicted octanol–water partition coefficient (Wildman–Crippen LogP) is 1.84. The number of amides is 1. The normalized spacial score (nSPS) is 22.2. The quantitative estimate of drug-likeness (QED) is 0.925. The maximum Gasteiger partial charge on any atom is 0.254 e. The highest BCUT2D eigenvalue weighted by Gasteiger charge is 2.27. The Balaban J connectivity index is 1.85. The van der Waals surface area contributed by atoms with Gasteiger partial charge in [-0.2, -0.15) is 0 Å². The van der Waals surface area contributed by atoms with Gasteiger partial charge in [0.15, 0.2) is 0 Å². The molecule has 1 amide bonds. The van der Waals surface area contributed by atoms with Gasteiger partial charge in [0.25, 0.3) is 5.91 Å². The van der Waals surface area contributed by atoms with Crippen LogP contribution >= 0.6 is 0 Å². The predicted molar refractivity (Wildman–Crippen MR) is 86.3 cm³/mol. The molecular weight excluding hydrogens is 281 g/mol. The monoisotopic (exact) mass is 305 g/mol. The van der Waals surface area contributed by atoms with Crippen LogP contribution in [0.2, 0.25) is 0 Å². The van der Waals surface area contributed by atoms with E-state index in [1.54, 1.807) is 4.90 Å². The summed E-state index contributed by atoms with van der Waals surface area (Å²) in [6, 6.07) is 6.10. The van der Waals surface area contributed by atoms with Crippen molar-refractivity contribution in [3.63, 3.8) is 0 Å². The first-order chi connectivity index (χ1) is 10.7. The largest absolute Gasteiger partial charge is 0.369 e. The molecule has 0 aliphatic carbocycles. The van der Waals surface area contributed by atoms with Crippen molar-refractivity contribution in [2.45, 2.75) is 25.9 Å².